The summed E-state index contributed by atoms with van der Waals surface area (Å²) in [6.07, 6.45) is 5.95. The molecular weight excluding hydrogens is 300 g/mol. The van der Waals surface area contributed by atoms with Crippen molar-refractivity contribution in [2.75, 3.05) is 12.5 Å². The monoisotopic (exact) mass is 314 g/mol. The summed E-state index contributed by atoms with van der Waals surface area (Å²) in [4.78, 5) is 0. The third kappa shape index (κ3) is 2.10. The topological polar surface area (TPSA) is 9.23 Å². The van der Waals surface area contributed by atoms with Crippen LogP contribution >= 0.6 is 27.5 Å². The van der Waals surface area contributed by atoms with Gasteiger partial charge < -0.3 is 4.74 Å². The first kappa shape index (κ1) is 11.9. The first-order chi connectivity index (χ1) is 8.22. The van der Waals surface area contributed by atoms with E-state index in [1.807, 2.05) is 0 Å². The number of ether oxygens (including phenoxy) is 1. The van der Waals surface area contributed by atoms with Gasteiger partial charge in [-0.1, -0.05) is 22.4 Å². The van der Waals surface area contributed by atoms with Gasteiger partial charge in [-0.15, -0.1) is 11.6 Å². The maximum Gasteiger partial charge on any atom is 0.125 e. The summed E-state index contributed by atoms with van der Waals surface area (Å²) in [5.41, 5.74) is 3.02. The molecule has 0 atom stereocenters. The standard InChI is InChI=1S/C14H16BrClO/c15-12-6-10-2-5-17-13(10)11(7-12)8-14(9-16)3-1-4-14/h6-7H,1-5,8-9H2. The average molecular weight is 316 g/mol. The Morgan fingerprint density at radius 3 is 2.82 bits per heavy atom. The number of hydrogen-bond donors (Lipinski definition) is 0. The lowest BCUT2D eigenvalue weighted by Crippen LogP contribution is -2.33. The van der Waals surface area contributed by atoms with Crippen molar-refractivity contribution in [1.29, 1.82) is 0 Å². The molecule has 0 N–H and O–H groups in total. The number of halogens is 2. The average Bonchev–Trinajstić information content (AvgIpc) is 2.71. The van der Waals surface area contributed by atoms with Crippen molar-refractivity contribution in [3.8, 4) is 5.75 Å². The molecule has 1 nitrogen and oxygen atoms in total. The van der Waals surface area contributed by atoms with Gasteiger partial charge in [0.2, 0.25) is 0 Å². The molecule has 0 spiro atoms. The van der Waals surface area contributed by atoms with E-state index in [9.17, 15) is 0 Å². The summed E-state index contributed by atoms with van der Waals surface area (Å²) in [5, 5.41) is 0. The normalized spacial score (nSPS) is 20.6. The van der Waals surface area contributed by atoms with Crippen molar-refractivity contribution in [2.45, 2.75) is 32.1 Å². The minimum atomic E-state index is 0.335. The van der Waals surface area contributed by atoms with Gasteiger partial charge in [-0.25, -0.2) is 0 Å². The zero-order valence-corrected chi connectivity index (χ0v) is 12.1. The maximum atomic E-state index is 6.15. The molecular formula is C14H16BrClO. The van der Waals surface area contributed by atoms with Gasteiger partial charge in [0.05, 0.1) is 6.61 Å². The van der Waals surface area contributed by atoms with E-state index >= 15 is 0 Å². The van der Waals surface area contributed by atoms with Crippen LogP contribution in [-0.4, -0.2) is 12.5 Å². The molecule has 1 saturated carbocycles. The van der Waals surface area contributed by atoms with Crippen molar-refractivity contribution in [3.63, 3.8) is 0 Å². The molecule has 1 aliphatic carbocycles. The summed E-state index contributed by atoms with van der Waals surface area (Å²) in [5.74, 6) is 1.90. The molecule has 3 rings (SSSR count). The van der Waals surface area contributed by atoms with E-state index in [0.29, 0.717) is 5.41 Å². The van der Waals surface area contributed by atoms with Gasteiger partial charge >= 0.3 is 0 Å². The minimum absolute atomic E-state index is 0.335. The molecule has 1 aromatic carbocycles. The van der Waals surface area contributed by atoms with Crippen LogP contribution in [0.15, 0.2) is 16.6 Å². The second-order valence-electron chi connectivity index (χ2n) is 5.32. The Labute approximate surface area is 116 Å². The first-order valence-corrected chi connectivity index (χ1v) is 7.55. The molecule has 1 aliphatic heterocycles. The molecule has 2 aliphatic rings. The van der Waals surface area contributed by atoms with E-state index in [-0.39, 0.29) is 0 Å². The summed E-state index contributed by atoms with van der Waals surface area (Å²) in [7, 11) is 0. The van der Waals surface area contributed by atoms with Crippen LogP contribution in [0.1, 0.15) is 30.4 Å². The Bertz CT molecular complexity index is 435. The van der Waals surface area contributed by atoms with Crippen molar-refractivity contribution >= 4 is 27.5 Å². The van der Waals surface area contributed by atoms with Gasteiger partial charge in [0, 0.05) is 16.8 Å². The number of rotatable bonds is 3. The van der Waals surface area contributed by atoms with Crippen LogP contribution in [0.5, 0.6) is 5.75 Å². The lowest BCUT2D eigenvalue weighted by Gasteiger charge is -2.40. The van der Waals surface area contributed by atoms with E-state index in [1.165, 1.54) is 34.9 Å². The summed E-state index contributed by atoms with van der Waals surface area (Å²) in [6.45, 7) is 0.826. The Hall–Kier alpha value is -0.210. The minimum Gasteiger partial charge on any atom is -0.493 e. The van der Waals surface area contributed by atoms with Gasteiger partial charge in [0.1, 0.15) is 5.75 Å². The van der Waals surface area contributed by atoms with Crippen molar-refractivity contribution in [1.82, 2.24) is 0 Å². The van der Waals surface area contributed by atoms with E-state index in [2.05, 4.69) is 28.1 Å². The lowest BCUT2D eigenvalue weighted by molar-refractivity contribution is 0.164. The Kier molecular flexibility index (Phi) is 3.12. The number of benzene rings is 1. The largest absolute Gasteiger partial charge is 0.493 e. The fourth-order valence-corrected chi connectivity index (χ4v) is 3.83. The molecule has 1 aromatic rings. The Morgan fingerprint density at radius 1 is 1.35 bits per heavy atom. The molecule has 0 aromatic heterocycles. The molecule has 17 heavy (non-hydrogen) atoms. The van der Waals surface area contributed by atoms with E-state index in [0.717, 1.165) is 31.1 Å². The number of fused-ring (bicyclic) bond motifs is 1. The molecule has 1 heterocycles. The highest BCUT2D eigenvalue weighted by atomic mass is 79.9. The van der Waals surface area contributed by atoms with Gasteiger partial charge in [-0.3, -0.25) is 0 Å². The highest BCUT2D eigenvalue weighted by molar-refractivity contribution is 9.10. The number of alkyl halides is 1. The first-order valence-electron chi connectivity index (χ1n) is 6.23. The molecule has 0 saturated heterocycles. The summed E-state index contributed by atoms with van der Waals surface area (Å²) < 4.78 is 6.95. The third-order valence-electron chi connectivity index (χ3n) is 4.09. The van der Waals surface area contributed by atoms with Crippen molar-refractivity contribution < 1.29 is 4.74 Å². The van der Waals surface area contributed by atoms with Crippen LogP contribution in [0.4, 0.5) is 0 Å². The van der Waals surface area contributed by atoms with Gasteiger partial charge in [0.25, 0.3) is 0 Å². The smallest absolute Gasteiger partial charge is 0.125 e. The van der Waals surface area contributed by atoms with E-state index < -0.39 is 0 Å². The van der Waals surface area contributed by atoms with Crippen LogP contribution < -0.4 is 4.74 Å². The molecule has 0 unspecified atom stereocenters. The van der Waals surface area contributed by atoms with Gasteiger partial charge in [-0.05, 0) is 47.9 Å². The molecule has 3 heteroatoms. The quantitative estimate of drug-likeness (QED) is 0.754. The molecule has 92 valence electrons. The SMILES string of the molecule is ClCC1(Cc2cc(Br)cc3c2OCC3)CCC1. The van der Waals surface area contributed by atoms with E-state index in [4.69, 9.17) is 16.3 Å². The predicted molar refractivity (Wildman–Crippen MR) is 74.0 cm³/mol. The highest BCUT2D eigenvalue weighted by Gasteiger charge is 2.37. The zero-order valence-electron chi connectivity index (χ0n) is 9.77. The molecule has 0 amide bonds. The van der Waals surface area contributed by atoms with Crippen LogP contribution in [0.25, 0.3) is 0 Å². The maximum absolute atomic E-state index is 6.15. The van der Waals surface area contributed by atoms with Crippen molar-refractivity contribution in [3.05, 3.63) is 27.7 Å². The van der Waals surface area contributed by atoms with Crippen LogP contribution in [0.2, 0.25) is 0 Å². The lowest BCUT2D eigenvalue weighted by atomic mass is 9.66. The Morgan fingerprint density at radius 2 is 2.18 bits per heavy atom. The predicted octanol–water partition coefficient (Wildman–Crippen LogP) is 4.34. The fraction of sp³-hybridized carbons (Fsp3) is 0.571. The molecule has 1 fully saturated rings. The molecule has 0 radical (unpaired) electrons. The fourth-order valence-electron chi connectivity index (χ4n) is 2.92. The van der Waals surface area contributed by atoms with Crippen molar-refractivity contribution in [2.24, 2.45) is 5.41 Å². The molecule has 0 bridgehead atoms. The highest BCUT2D eigenvalue weighted by Crippen LogP contribution is 2.47. The van der Waals surface area contributed by atoms with Crippen LogP contribution in [-0.2, 0) is 12.8 Å². The summed E-state index contributed by atoms with van der Waals surface area (Å²) >= 11 is 9.74. The Balaban J connectivity index is 1.92. The van der Waals surface area contributed by atoms with Crippen LogP contribution in [0.3, 0.4) is 0 Å². The summed E-state index contributed by atoms with van der Waals surface area (Å²) in [6, 6.07) is 4.39. The van der Waals surface area contributed by atoms with Gasteiger partial charge in [-0.2, -0.15) is 0 Å². The second kappa shape index (κ2) is 4.47. The van der Waals surface area contributed by atoms with E-state index in [1.54, 1.807) is 0 Å². The second-order valence-corrected chi connectivity index (χ2v) is 6.50. The van der Waals surface area contributed by atoms with Gasteiger partial charge in [0.15, 0.2) is 0 Å². The van der Waals surface area contributed by atoms with Crippen LogP contribution in [0, 0.1) is 5.41 Å². The third-order valence-corrected chi connectivity index (χ3v) is 5.11. The zero-order chi connectivity index (χ0) is 11.9. The number of hydrogen-bond acceptors (Lipinski definition) is 1.